The number of hydrogen-bond acceptors (Lipinski definition) is 3. The van der Waals surface area contributed by atoms with E-state index >= 15 is 0 Å². The molecule has 0 radical (unpaired) electrons. The van der Waals surface area contributed by atoms with Gasteiger partial charge in [-0.3, -0.25) is 0 Å². The highest BCUT2D eigenvalue weighted by molar-refractivity contribution is 5.23. The number of nitrogens with zero attached hydrogens (tertiary/aromatic N) is 4. The Balaban J connectivity index is 1.91. The van der Waals surface area contributed by atoms with E-state index in [1.807, 2.05) is 16.8 Å². The van der Waals surface area contributed by atoms with Crippen LogP contribution < -0.4 is 9.80 Å². The fraction of sp³-hybridized carbons (Fsp3) is 0.611. The van der Waals surface area contributed by atoms with Crippen LogP contribution in [0.25, 0.3) is 0 Å². The molecule has 0 bridgehead atoms. The van der Waals surface area contributed by atoms with E-state index in [0.717, 1.165) is 50.5 Å². The van der Waals surface area contributed by atoms with Gasteiger partial charge in [0.2, 0.25) is 5.82 Å². The molecule has 136 valence electrons. The van der Waals surface area contributed by atoms with Crippen LogP contribution in [0.4, 0.5) is 4.39 Å². The van der Waals surface area contributed by atoms with Gasteiger partial charge in [-0.1, -0.05) is 13.8 Å². The monoisotopic (exact) mass is 348 g/mol. The summed E-state index contributed by atoms with van der Waals surface area (Å²) in [7, 11) is 2.23. The highest BCUT2D eigenvalue weighted by Gasteiger charge is 2.34. The zero-order valence-corrected chi connectivity index (χ0v) is 15.4. The Labute approximate surface area is 148 Å². The minimum Gasteiger partial charge on any atom is -0.328 e. The predicted molar refractivity (Wildman–Crippen MR) is 92.8 cm³/mol. The zero-order chi connectivity index (χ0) is 17.8. The SMILES string of the molecule is CC(C)CCn1nnnc1[C@@H](c1ccc(F)cc1)[NH+]1CC[NH+](C)CC1. The van der Waals surface area contributed by atoms with Crippen molar-refractivity contribution >= 4 is 0 Å². The van der Waals surface area contributed by atoms with Gasteiger partial charge in [-0.2, -0.15) is 0 Å². The lowest BCUT2D eigenvalue weighted by Crippen LogP contribution is -3.27. The van der Waals surface area contributed by atoms with E-state index < -0.39 is 0 Å². The lowest BCUT2D eigenvalue weighted by molar-refractivity contribution is -1.02. The predicted octanol–water partition coefficient (Wildman–Crippen LogP) is -0.639. The van der Waals surface area contributed by atoms with Gasteiger partial charge in [-0.05, 0) is 47.0 Å². The van der Waals surface area contributed by atoms with Crippen molar-refractivity contribution in [1.82, 2.24) is 20.2 Å². The summed E-state index contributed by atoms with van der Waals surface area (Å²) in [4.78, 5) is 3.01. The maximum Gasteiger partial charge on any atom is 0.214 e. The molecule has 0 aliphatic carbocycles. The van der Waals surface area contributed by atoms with Crippen LogP contribution in [-0.2, 0) is 6.54 Å². The Bertz CT molecular complexity index is 660. The molecule has 1 fully saturated rings. The third-order valence-corrected chi connectivity index (χ3v) is 5.09. The first-order chi connectivity index (χ1) is 12.0. The largest absolute Gasteiger partial charge is 0.328 e. The Morgan fingerprint density at radius 2 is 1.80 bits per heavy atom. The molecule has 2 heterocycles. The normalized spacial score (nSPS) is 22.3. The van der Waals surface area contributed by atoms with Crippen LogP contribution in [0.1, 0.15) is 37.7 Å². The first kappa shape index (κ1) is 17.9. The summed E-state index contributed by atoms with van der Waals surface area (Å²) < 4.78 is 15.4. The number of hydrogen-bond donors (Lipinski definition) is 2. The summed E-state index contributed by atoms with van der Waals surface area (Å²) in [5, 5.41) is 12.5. The molecule has 2 aromatic rings. The molecule has 25 heavy (non-hydrogen) atoms. The molecule has 3 rings (SSSR count). The van der Waals surface area contributed by atoms with Crippen molar-refractivity contribution in [2.75, 3.05) is 33.2 Å². The lowest BCUT2D eigenvalue weighted by atomic mass is 10.0. The van der Waals surface area contributed by atoms with Crippen molar-refractivity contribution in [3.63, 3.8) is 0 Å². The molecule has 7 heteroatoms. The minimum absolute atomic E-state index is 0.0517. The van der Waals surface area contributed by atoms with Crippen LogP contribution in [-0.4, -0.2) is 53.4 Å². The van der Waals surface area contributed by atoms with Crippen LogP contribution in [0.3, 0.4) is 0 Å². The molecule has 0 unspecified atom stereocenters. The number of halogens is 1. The van der Waals surface area contributed by atoms with Crippen LogP contribution in [0.5, 0.6) is 0 Å². The summed E-state index contributed by atoms with van der Waals surface area (Å²) in [5.74, 6) is 1.28. The number of aryl methyl sites for hydroxylation is 1. The standard InChI is InChI=1S/C18H27FN6/c1-14(2)8-9-25-18(20-21-22-25)17(15-4-6-16(19)7-5-15)24-12-10-23(3)11-13-24/h4-7,14,17H,8-13H2,1-3H3/p+2/t17-/m1/s1. The Morgan fingerprint density at radius 1 is 1.12 bits per heavy atom. The van der Waals surface area contributed by atoms with E-state index in [4.69, 9.17) is 0 Å². The third-order valence-electron chi connectivity index (χ3n) is 5.09. The number of rotatable bonds is 6. The zero-order valence-electron chi connectivity index (χ0n) is 15.4. The topological polar surface area (TPSA) is 52.5 Å². The van der Waals surface area contributed by atoms with Crippen molar-refractivity contribution in [2.24, 2.45) is 5.92 Å². The summed E-state index contributed by atoms with van der Waals surface area (Å²) in [5.41, 5.74) is 1.08. The fourth-order valence-corrected chi connectivity index (χ4v) is 3.47. The quantitative estimate of drug-likeness (QED) is 0.730. The summed E-state index contributed by atoms with van der Waals surface area (Å²) in [6.45, 7) is 9.60. The van der Waals surface area contributed by atoms with Crippen LogP contribution in [0.2, 0.25) is 0 Å². The Hall–Kier alpha value is -1.86. The molecule has 0 saturated carbocycles. The Morgan fingerprint density at radius 3 is 2.44 bits per heavy atom. The van der Waals surface area contributed by atoms with Gasteiger partial charge in [0.1, 0.15) is 32.0 Å². The van der Waals surface area contributed by atoms with Crippen molar-refractivity contribution in [1.29, 1.82) is 0 Å². The molecule has 1 aromatic heterocycles. The Kier molecular flexibility index (Phi) is 5.75. The fourth-order valence-electron chi connectivity index (χ4n) is 3.47. The summed E-state index contributed by atoms with van der Waals surface area (Å²) in [6, 6.07) is 6.87. The molecular weight excluding hydrogens is 319 g/mol. The second kappa shape index (κ2) is 8.01. The van der Waals surface area contributed by atoms with E-state index in [1.54, 1.807) is 4.90 Å². The molecule has 1 aliphatic heterocycles. The number of aromatic nitrogens is 4. The van der Waals surface area contributed by atoms with Crippen molar-refractivity contribution < 1.29 is 14.2 Å². The summed E-state index contributed by atoms with van der Waals surface area (Å²) >= 11 is 0. The number of nitrogens with one attached hydrogen (secondary N) is 2. The van der Waals surface area contributed by atoms with Gasteiger partial charge in [-0.25, -0.2) is 9.07 Å². The van der Waals surface area contributed by atoms with Crippen LogP contribution in [0.15, 0.2) is 24.3 Å². The first-order valence-corrected chi connectivity index (χ1v) is 9.22. The minimum atomic E-state index is -0.209. The van der Waals surface area contributed by atoms with E-state index in [9.17, 15) is 4.39 Å². The smallest absolute Gasteiger partial charge is 0.214 e. The molecule has 1 aromatic carbocycles. The highest BCUT2D eigenvalue weighted by Crippen LogP contribution is 2.18. The van der Waals surface area contributed by atoms with Crippen LogP contribution in [0, 0.1) is 11.7 Å². The van der Waals surface area contributed by atoms with Crippen molar-refractivity contribution in [3.05, 3.63) is 41.5 Å². The first-order valence-electron chi connectivity index (χ1n) is 9.22. The molecule has 6 nitrogen and oxygen atoms in total. The summed E-state index contributed by atoms with van der Waals surface area (Å²) in [6.07, 6.45) is 1.04. The maximum atomic E-state index is 13.4. The molecule has 1 aliphatic rings. The average molecular weight is 348 g/mol. The number of benzene rings is 1. The third kappa shape index (κ3) is 4.41. The highest BCUT2D eigenvalue weighted by atomic mass is 19.1. The van der Waals surface area contributed by atoms with E-state index in [1.165, 1.54) is 17.0 Å². The molecule has 1 atom stereocenters. The van der Waals surface area contributed by atoms with E-state index in [0.29, 0.717) is 5.92 Å². The lowest BCUT2D eigenvalue weighted by Gasteiger charge is -2.32. The molecular formula is C18H29FN6+2. The molecule has 0 amide bonds. The number of likely N-dealkylation sites (N-methyl/N-ethyl adjacent to an activating group) is 1. The van der Waals surface area contributed by atoms with Gasteiger partial charge in [0, 0.05) is 12.1 Å². The number of tetrazole rings is 1. The van der Waals surface area contributed by atoms with Gasteiger partial charge >= 0.3 is 0 Å². The van der Waals surface area contributed by atoms with Gasteiger partial charge in [0.25, 0.3) is 0 Å². The second-order valence-corrected chi connectivity index (χ2v) is 7.54. The number of quaternary nitrogens is 2. The maximum absolute atomic E-state index is 13.4. The van der Waals surface area contributed by atoms with Gasteiger partial charge in [0.05, 0.1) is 7.05 Å². The van der Waals surface area contributed by atoms with Crippen molar-refractivity contribution in [2.45, 2.75) is 32.9 Å². The van der Waals surface area contributed by atoms with Gasteiger partial charge in [-0.15, -0.1) is 5.10 Å². The van der Waals surface area contributed by atoms with Crippen LogP contribution >= 0.6 is 0 Å². The number of piperazine rings is 1. The average Bonchev–Trinajstić information content (AvgIpc) is 3.05. The molecule has 1 saturated heterocycles. The van der Waals surface area contributed by atoms with E-state index in [2.05, 4.69) is 36.4 Å². The van der Waals surface area contributed by atoms with Crippen molar-refractivity contribution in [3.8, 4) is 0 Å². The second-order valence-electron chi connectivity index (χ2n) is 7.54. The molecule has 2 N–H and O–H groups in total. The van der Waals surface area contributed by atoms with Gasteiger partial charge < -0.3 is 9.80 Å². The molecule has 0 spiro atoms. The van der Waals surface area contributed by atoms with Gasteiger partial charge in [0.15, 0.2) is 6.04 Å². The van der Waals surface area contributed by atoms with E-state index in [-0.39, 0.29) is 11.9 Å².